The maximum Gasteiger partial charge on any atom is 0.146 e. The van der Waals surface area contributed by atoms with Crippen molar-refractivity contribution in [3.63, 3.8) is 0 Å². The lowest BCUT2D eigenvalue weighted by atomic mass is 10.1. The summed E-state index contributed by atoms with van der Waals surface area (Å²) >= 11 is 11.9. The van der Waals surface area contributed by atoms with Crippen LogP contribution in [0.1, 0.15) is 16.8 Å². The van der Waals surface area contributed by atoms with Crippen LogP contribution in [-0.2, 0) is 6.54 Å². The van der Waals surface area contributed by atoms with Crippen molar-refractivity contribution in [1.82, 2.24) is 9.51 Å². The number of pyridine rings is 1. The average Bonchev–Trinajstić information content (AvgIpc) is 2.42. The summed E-state index contributed by atoms with van der Waals surface area (Å²) in [7, 11) is 0. The van der Waals surface area contributed by atoms with E-state index in [1.807, 2.05) is 13.8 Å². The minimum Gasteiger partial charge on any atom is -0.288 e. The molecule has 0 aromatic carbocycles. The number of nitrogens with zero attached hydrogens (tertiary/aromatic N) is 2. The van der Waals surface area contributed by atoms with Gasteiger partial charge in [0.2, 0.25) is 0 Å². The van der Waals surface area contributed by atoms with Crippen molar-refractivity contribution >= 4 is 29.2 Å². The second kappa shape index (κ2) is 3.01. The molecule has 0 spiro atoms. The molecule has 5 heteroatoms. The summed E-state index contributed by atoms with van der Waals surface area (Å²) in [5, 5.41) is 0.729. The van der Waals surface area contributed by atoms with E-state index < -0.39 is 0 Å². The van der Waals surface area contributed by atoms with Gasteiger partial charge in [0.15, 0.2) is 0 Å². The Hall–Kier alpha value is -0.510. The van der Waals surface area contributed by atoms with Crippen LogP contribution in [0, 0.1) is 13.8 Å². The predicted molar refractivity (Wildman–Crippen MR) is 53.7 cm³/mol. The first-order valence-corrected chi connectivity index (χ1v) is 4.66. The molecule has 0 saturated carbocycles. The maximum absolute atomic E-state index is 6.06. The number of hydrazine groups is 1. The van der Waals surface area contributed by atoms with E-state index in [0.717, 1.165) is 27.7 Å². The molecule has 3 nitrogen and oxygen atoms in total. The van der Waals surface area contributed by atoms with Gasteiger partial charge in [0.1, 0.15) is 5.82 Å². The number of halogens is 2. The van der Waals surface area contributed by atoms with Gasteiger partial charge >= 0.3 is 0 Å². The van der Waals surface area contributed by atoms with Gasteiger partial charge in [0.05, 0.1) is 17.3 Å². The zero-order valence-corrected chi connectivity index (χ0v) is 8.87. The quantitative estimate of drug-likeness (QED) is 0.678. The Morgan fingerprint density at radius 2 is 2.15 bits per heavy atom. The Bertz CT molecular complexity index is 365. The summed E-state index contributed by atoms with van der Waals surface area (Å²) in [6, 6.07) is 0. The fourth-order valence-corrected chi connectivity index (χ4v) is 1.80. The Morgan fingerprint density at radius 1 is 1.46 bits per heavy atom. The third-order valence-electron chi connectivity index (χ3n) is 2.19. The minimum atomic E-state index is 0.635. The molecule has 1 aromatic heterocycles. The lowest BCUT2D eigenvalue weighted by Crippen LogP contribution is -2.10. The molecule has 0 saturated heterocycles. The molecule has 1 aliphatic rings. The van der Waals surface area contributed by atoms with Crippen molar-refractivity contribution in [3.05, 3.63) is 21.8 Å². The molecule has 0 atom stereocenters. The third kappa shape index (κ3) is 1.37. The number of rotatable bonds is 0. The molecule has 0 bridgehead atoms. The van der Waals surface area contributed by atoms with E-state index in [0.29, 0.717) is 6.54 Å². The first-order valence-electron chi connectivity index (χ1n) is 3.95. The van der Waals surface area contributed by atoms with Gasteiger partial charge in [0.25, 0.3) is 0 Å². The van der Waals surface area contributed by atoms with E-state index in [4.69, 9.17) is 23.4 Å². The Morgan fingerprint density at radius 3 is 2.85 bits per heavy atom. The molecule has 1 aromatic rings. The highest BCUT2D eigenvalue weighted by Gasteiger charge is 2.22. The predicted octanol–water partition coefficient (Wildman–Crippen LogP) is 2.65. The normalized spacial score (nSPS) is 15.7. The minimum absolute atomic E-state index is 0.635. The highest BCUT2D eigenvalue weighted by atomic mass is 35.5. The van der Waals surface area contributed by atoms with Gasteiger partial charge < -0.3 is 0 Å². The van der Waals surface area contributed by atoms with Crippen molar-refractivity contribution in [2.45, 2.75) is 20.4 Å². The van der Waals surface area contributed by atoms with Crippen LogP contribution in [0.3, 0.4) is 0 Å². The highest BCUT2D eigenvalue weighted by Crippen LogP contribution is 2.32. The summed E-state index contributed by atoms with van der Waals surface area (Å²) in [4.78, 5) is 4.30. The second-order valence-corrected chi connectivity index (χ2v) is 3.88. The van der Waals surface area contributed by atoms with Gasteiger partial charge in [0, 0.05) is 17.3 Å². The Balaban J connectivity index is 2.60. The van der Waals surface area contributed by atoms with Crippen LogP contribution >= 0.6 is 23.4 Å². The largest absolute Gasteiger partial charge is 0.288 e. The first-order chi connectivity index (χ1) is 6.09. The van der Waals surface area contributed by atoms with Crippen LogP contribution in [0.5, 0.6) is 0 Å². The molecule has 2 heterocycles. The van der Waals surface area contributed by atoms with Crippen LogP contribution in [0.2, 0.25) is 5.02 Å². The van der Waals surface area contributed by atoms with Crippen LogP contribution in [0.25, 0.3) is 0 Å². The topological polar surface area (TPSA) is 28.2 Å². The SMILES string of the molecule is Cc1nc2c(c(C)c1Cl)CN(Cl)N2. The van der Waals surface area contributed by atoms with Gasteiger partial charge in [-0.2, -0.15) is 0 Å². The summed E-state index contributed by atoms with van der Waals surface area (Å²) < 4.78 is 1.47. The average molecular weight is 218 g/mol. The maximum atomic E-state index is 6.06. The fourth-order valence-electron chi connectivity index (χ4n) is 1.44. The zero-order valence-electron chi connectivity index (χ0n) is 7.36. The summed E-state index contributed by atoms with van der Waals surface area (Å²) in [6.45, 7) is 4.50. The van der Waals surface area contributed by atoms with Crippen LogP contribution in [-0.4, -0.2) is 9.51 Å². The molecule has 0 radical (unpaired) electrons. The van der Waals surface area contributed by atoms with Gasteiger partial charge in [-0.25, -0.2) is 4.98 Å². The summed E-state index contributed by atoms with van der Waals surface area (Å²) in [6.07, 6.45) is 0. The van der Waals surface area contributed by atoms with Crippen molar-refractivity contribution in [2.24, 2.45) is 0 Å². The van der Waals surface area contributed by atoms with E-state index in [-0.39, 0.29) is 0 Å². The number of nitrogens with one attached hydrogen (secondary N) is 1. The summed E-state index contributed by atoms with van der Waals surface area (Å²) in [5.41, 5.74) is 5.90. The van der Waals surface area contributed by atoms with Crippen LogP contribution in [0.4, 0.5) is 5.82 Å². The molecular formula is C8H9Cl2N3. The van der Waals surface area contributed by atoms with Crippen LogP contribution < -0.4 is 5.43 Å². The lowest BCUT2D eigenvalue weighted by molar-refractivity contribution is 0.570. The zero-order chi connectivity index (χ0) is 9.59. The number of aromatic nitrogens is 1. The first kappa shape index (κ1) is 9.06. The van der Waals surface area contributed by atoms with Crippen molar-refractivity contribution in [2.75, 3.05) is 5.43 Å². The fraction of sp³-hybridized carbons (Fsp3) is 0.375. The molecule has 0 fully saturated rings. The smallest absolute Gasteiger partial charge is 0.146 e. The van der Waals surface area contributed by atoms with E-state index in [9.17, 15) is 0 Å². The summed E-state index contributed by atoms with van der Waals surface area (Å²) in [5.74, 6) is 0.814. The number of aryl methyl sites for hydroxylation is 1. The number of hydrogen-bond donors (Lipinski definition) is 1. The Kier molecular flexibility index (Phi) is 2.10. The van der Waals surface area contributed by atoms with Gasteiger partial charge in [-0.3, -0.25) is 5.43 Å². The molecule has 0 amide bonds. The van der Waals surface area contributed by atoms with E-state index in [2.05, 4.69) is 10.4 Å². The van der Waals surface area contributed by atoms with E-state index in [1.165, 1.54) is 4.53 Å². The molecule has 2 rings (SSSR count). The van der Waals surface area contributed by atoms with Gasteiger partial charge in [-0.15, -0.1) is 4.53 Å². The molecule has 1 N–H and O–H groups in total. The molecule has 0 unspecified atom stereocenters. The molecule has 0 aliphatic carbocycles. The number of anilines is 1. The van der Waals surface area contributed by atoms with Gasteiger partial charge in [-0.05, 0) is 19.4 Å². The molecule has 70 valence electrons. The van der Waals surface area contributed by atoms with Crippen molar-refractivity contribution in [3.8, 4) is 0 Å². The third-order valence-corrected chi connectivity index (χ3v) is 2.95. The van der Waals surface area contributed by atoms with Crippen LogP contribution in [0.15, 0.2) is 0 Å². The van der Waals surface area contributed by atoms with Crippen molar-refractivity contribution < 1.29 is 0 Å². The molecule has 13 heavy (non-hydrogen) atoms. The van der Waals surface area contributed by atoms with Crippen molar-refractivity contribution in [1.29, 1.82) is 0 Å². The highest BCUT2D eigenvalue weighted by molar-refractivity contribution is 6.32. The number of fused-ring (bicyclic) bond motifs is 1. The molecule has 1 aliphatic heterocycles. The lowest BCUT2D eigenvalue weighted by Gasteiger charge is -2.06. The number of hydrogen-bond acceptors (Lipinski definition) is 3. The Labute approximate surface area is 86.7 Å². The second-order valence-electron chi connectivity index (χ2n) is 3.10. The standard InChI is InChI=1S/C8H9Cl2N3/c1-4-6-3-13(10)12-8(6)11-5(2)7(4)9/h3H2,1-2H3,(H,11,12). The van der Waals surface area contributed by atoms with E-state index >= 15 is 0 Å². The van der Waals surface area contributed by atoms with Gasteiger partial charge in [-0.1, -0.05) is 11.6 Å². The van der Waals surface area contributed by atoms with E-state index in [1.54, 1.807) is 0 Å². The molecular weight excluding hydrogens is 209 g/mol. The monoisotopic (exact) mass is 217 g/mol.